The number of carbonyl (C=O) groups is 2. The number of hydrogen-bond donors (Lipinski definition) is 0. The molecule has 6 nitrogen and oxygen atoms in total. The molecule has 0 aromatic heterocycles. The fraction of sp³-hybridized carbons (Fsp3) is 0.421. The predicted molar refractivity (Wildman–Crippen MR) is 94.5 cm³/mol. The molecule has 2 heterocycles. The minimum atomic E-state index is -0.0439. The van der Waals surface area contributed by atoms with E-state index in [0.29, 0.717) is 31.7 Å². The van der Waals surface area contributed by atoms with Crippen molar-refractivity contribution in [3.8, 4) is 6.07 Å². The molecule has 0 radical (unpaired) electrons. The maximum Gasteiger partial charge on any atom is 0.320 e. The van der Waals surface area contributed by atoms with E-state index < -0.39 is 0 Å². The van der Waals surface area contributed by atoms with Crippen molar-refractivity contribution in [1.29, 1.82) is 5.26 Å². The predicted octanol–water partition coefficient (Wildman–Crippen LogP) is 1.93. The molecule has 0 N–H and O–H groups in total. The van der Waals surface area contributed by atoms with E-state index in [0.717, 1.165) is 31.5 Å². The number of likely N-dealkylation sites (tertiary alicyclic amines) is 1. The third kappa shape index (κ3) is 4.18. The van der Waals surface area contributed by atoms with E-state index in [2.05, 4.69) is 6.07 Å². The SMILES string of the molecule is N#Cc1ccc(/C=C/C(=O)N2CCN(C(=O)N3CCCC3)CC2)cc1. The van der Waals surface area contributed by atoms with Crippen LogP contribution in [0.15, 0.2) is 30.3 Å². The summed E-state index contributed by atoms with van der Waals surface area (Å²) in [4.78, 5) is 30.2. The number of benzene rings is 1. The average molecular weight is 338 g/mol. The van der Waals surface area contributed by atoms with Crippen molar-refractivity contribution in [2.75, 3.05) is 39.3 Å². The highest BCUT2D eigenvalue weighted by Gasteiger charge is 2.27. The number of piperazine rings is 1. The Bertz CT molecular complexity index is 691. The Morgan fingerprint density at radius 3 is 2.04 bits per heavy atom. The van der Waals surface area contributed by atoms with Crippen LogP contribution in [0, 0.1) is 11.3 Å². The van der Waals surface area contributed by atoms with Crippen molar-refractivity contribution in [3.63, 3.8) is 0 Å². The fourth-order valence-electron chi connectivity index (χ4n) is 3.17. The van der Waals surface area contributed by atoms with Crippen LogP contribution in [0.25, 0.3) is 6.08 Å². The van der Waals surface area contributed by atoms with Gasteiger partial charge in [-0.2, -0.15) is 5.26 Å². The molecule has 0 saturated carbocycles. The molecule has 0 spiro atoms. The Labute approximate surface area is 147 Å². The number of rotatable bonds is 2. The molecular weight excluding hydrogens is 316 g/mol. The normalized spacial score (nSPS) is 17.8. The molecule has 3 amide bonds. The summed E-state index contributed by atoms with van der Waals surface area (Å²) in [5.41, 5.74) is 1.48. The van der Waals surface area contributed by atoms with Gasteiger partial charge in [-0.05, 0) is 36.6 Å². The quantitative estimate of drug-likeness (QED) is 0.774. The fourth-order valence-corrected chi connectivity index (χ4v) is 3.17. The molecule has 1 aromatic rings. The van der Waals surface area contributed by atoms with Gasteiger partial charge in [0.05, 0.1) is 11.6 Å². The largest absolute Gasteiger partial charge is 0.336 e. The van der Waals surface area contributed by atoms with E-state index in [1.807, 2.05) is 21.9 Å². The lowest BCUT2D eigenvalue weighted by Crippen LogP contribution is -2.53. The Morgan fingerprint density at radius 2 is 1.44 bits per heavy atom. The van der Waals surface area contributed by atoms with Crippen molar-refractivity contribution in [2.24, 2.45) is 0 Å². The molecule has 2 aliphatic heterocycles. The second-order valence-corrected chi connectivity index (χ2v) is 6.36. The number of amides is 3. The lowest BCUT2D eigenvalue weighted by atomic mass is 10.1. The van der Waals surface area contributed by atoms with Gasteiger partial charge >= 0.3 is 6.03 Å². The third-order valence-electron chi connectivity index (χ3n) is 4.70. The van der Waals surface area contributed by atoms with Gasteiger partial charge in [-0.15, -0.1) is 0 Å². The second-order valence-electron chi connectivity index (χ2n) is 6.36. The molecular formula is C19H22N4O2. The lowest BCUT2D eigenvalue weighted by molar-refractivity contribution is -0.127. The average Bonchev–Trinajstić information content (AvgIpc) is 3.21. The van der Waals surface area contributed by atoms with E-state index in [1.54, 1.807) is 29.2 Å². The van der Waals surface area contributed by atoms with Crippen LogP contribution in [0.2, 0.25) is 0 Å². The van der Waals surface area contributed by atoms with Crippen molar-refractivity contribution in [1.82, 2.24) is 14.7 Å². The molecule has 2 saturated heterocycles. The summed E-state index contributed by atoms with van der Waals surface area (Å²) in [7, 11) is 0. The van der Waals surface area contributed by atoms with Crippen molar-refractivity contribution >= 4 is 18.0 Å². The molecule has 130 valence electrons. The van der Waals surface area contributed by atoms with Crippen LogP contribution in [0.1, 0.15) is 24.0 Å². The van der Waals surface area contributed by atoms with Gasteiger partial charge in [-0.3, -0.25) is 4.79 Å². The van der Waals surface area contributed by atoms with Crippen molar-refractivity contribution < 1.29 is 9.59 Å². The summed E-state index contributed by atoms with van der Waals surface area (Å²) >= 11 is 0. The highest BCUT2D eigenvalue weighted by Crippen LogP contribution is 2.13. The van der Waals surface area contributed by atoms with Gasteiger partial charge in [0.2, 0.25) is 5.91 Å². The van der Waals surface area contributed by atoms with Gasteiger partial charge in [0.15, 0.2) is 0 Å². The number of nitriles is 1. The molecule has 25 heavy (non-hydrogen) atoms. The summed E-state index contributed by atoms with van der Waals surface area (Å²) < 4.78 is 0. The molecule has 0 bridgehead atoms. The van der Waals surface area contributed by atoms with Gasteiger partial charge in [0, 0.05) is 45.3 Å². The summed E-state index contributed by atoms with van der Waals surface area (Å²) in [6, 6.07) is 9.27. The summed E-state index contributed by atoms with van der Waals surface area (Å²) in [5, 5.41) is 8.79. The Hall–Kier alpha value is -2.81. The van der Waals surface area contributed by atoms with Gasteiger partial charge in [-0.25, -0.2) is 4.79 Å². The highest BCUT2D eigenvalue weighted by atomic mass is 16.2. The van der Waals surface area contributed by atoms with E-state index in [1.165, 1.54) is 0 Å². The first-order valence-electron chi connectivity index (χ1n) is 8.68. The summed E-state index contributed by atoms with van der Waals surface area (Å²) in [5.74, 6) is -0.0439. The van der Waals surface area contributed by atoms with Crippen LogP contribution in [-0.2, 0) is 4.79 Å². The third-order valence-corrected chi connectivity index (χ3v) is 4.70. The topological polar surface area (TPSA) is 67.6 Å². The molecule has 0 atom stereocenters. The van der Waals surface area contributed by atoms with Crippen LogP contribution in [0.5, 0.6) is 0 Å². The zero-order chi connectivity index (χ0) is 17.6. The van der Waals surface area contributed by atoms with E-state index in [9.17, 15) is 9.59 Å². The number of carbonyl (C=O) groups excluding carboxylic acids is 2. The van der Waals surface area contributed by atoms with Crippen LogP contribution >= 0.6 is 0 Å². The zero-order valence-corrected chi connectivity index (χ0v) is 14.2. The molecule has 0 unspecified atom stereocenters. The van der Waals surface area contributed by atoms with E-state index in [4.69, 9.17) is 5.26 Å². The van der Waals surface area contributed by atoms with Crippen molar-refractivity contribution in [2.45, 2.75) is 12.8 Å². The minimum absolute atomic E-state index is 0.0439. The molecule has 3 rings (SSSR count). The molecule has 0 aliphatic carbocycles. The van der Waals surface area contributed by atoms with Crippen LogP contribution in [-0.4, -0.2) is 65.9 Å². The van der Waals surface area contributed by atoms with E-state index in [-0.39, 0.29) is 11.9 Å². The first-order valence-corrected chi connectivity index (χ1v) is 8.68. The minimum Gasteiger partial charge on any atom is -0.336 e. The van der Waals surface area contributed by atoms with Gasteiger partial charge < -0.3 is 14.7 Å². The Balaban J connectivity index is 1.50. The Morgan fingerprint density at radius 1 is 0.880 bits per heavy atom. The van der Waals surface area contributed by atoms with Gasteiger partial charge in [0.1, 0.15) is 0 Å². The number of urea groups is 1. The molecule has 6 heteroatoms. The van der Waals surface area contributed by atoms with E-state index >= 15 is 0 Å². The van der Waals surface area contributed by atoms with Crippen molar-refractivity contribution in [3.05, 3.63) is 41.5 Å². The number of hydrogen-bond acceptors (Lipinski definition) is 3. The smallest absolute Gasteiger partial charge is 0.320 e. The van der Waals surface area contributed by atoms with Crippen LogP contribution in [0.4, 0.5) is 4.79 Å². The number of nitrogens with zero attached hydrogens (tertiary/aromatic N) is 4. The Kier molecular flexibility index (Phi) is 5.34. The second kappa shape index (κ2) is 7.84. The van der Waals surface area contributed by atoms with Crippen LogP contribution < -0.4 is 0 Å². The molecule has 2 fully saturated rings. The maximum atomic E-state index is 12.4. The monoisotopic (exact) mass is 338 g/mol. The highest BCUT2D eigenvalue weighted by molar-refractivity contribution is 5.92. The first kappa shape index (κ1) is 17.0. The van der Waals surface area contributed by atoms with Gasteiger partial charge in [0.25, 0.3) is 0 Å². The van der Waals surface area contributed by atoms with Gasteiger partial charge in [-0.1, -0.05) is 12.1 Å². The lowest BCUT2D eigenvalue weighted by Gasteiger charge is -2.36. The maximum absolute atomic E-state index is 12.4. The molecule has 1 aromatic carbocycles. The standard InChI is InChI=1S/C19H22N4O2/c20-15-17-5-3-16(4-6-17)7-8-18(24)21-11-13-23(14-12-21)19(25)22-9-1-2-10-22/h3-8H,1-2,9-14H2/b8-7+. The zero-order valence-electron chi connectivity index (χ0n) is 14.2. The summed E-state index contributed by atoms with van der Waals surface area (Å²) in [6.07, 6.45) is 5.49. The molecule has 2 aliphatic rings. The van der Waals surface area contributed by atoms with Crippen LogP contribution in [0.3, 0.4) is 0 Å². The first-order chi connectivity index (χ1) is 12.2. The summed E-state index contributed by atoms with van der Waals surface area (Å²) in [6.45, 7) is 4.01.